The molecule has 0 spiro atoms. The van der Waals surface area contributed by atoms with E-state index in [0.717, 1.165) is 19.3 Å². The predicted octanol–water partition coefficient (Wildman–Crippen LogP) is -0.210. The van der Waals surface area contributed by atoms with Crippen LogP contribution in [0.25, 0.3) is 0 Å². The van der Waals surface area contributed by atoms with Gasteiger partial charge in [0.25, 0.3) is 0 Å². The van der Waals surface area contributed by atoms with Crippen molar-refractivity contribution in [3.05, 3.63) is 0 Å². The maximum Gasteiger partial charge on any atom is 0.0192 e. The molecular weight excluding hydrogens is 126 g/mol. The van der Waals surface area contributed by atoms with E-state index in [1.807, 2.05) is 6.92 Å². The van der Waals surface area contributed by atoms with Crippen LogP contribution >= 0.6 is 0 Å². The van der Waals surface area contributed by atoms with Crippen molar-refractivity contribution in [2.75, 3.05) is 6.54 Å². The molecule has 0 aromatic rings. The molecule has 10 heavy (non-hydrogen) atoms. The standard InChI is InChI=1S/C7H19N3/c1-2-6(9)7(10)4-3-5-8/h6-7H,2-5,8-10H2,1H3. The molecule has 0 amide bonds. The molecule has 62 valence electrons. The van der Waals surface area contributed by atoms with E-state index in [-0.39, 0.29) is 12.1 Å². The molecule has 6 N–H and O–H groups in total. The zero-order chi connectivity index (χ0) is 7.98. The molecule has 0 aliphatic carbocycles. The molecule has 0 saturated carbocycles. The van der Waals surface area contributed by atoms with Gasteiger partial charge in [0.15, 0.2) is 0 Å². The summed E-state index contributed by atoms with van der Waals surface area (Å²) in [5.41, 5.74) is 16.7. The van der Waals surface area contributed by atoms with E-state index in [1.165, 1.54) is 0 Å². The van der Waals surface area contributed by atoms with Crippen LogP contribution in [0.4, 0.5) is 0 Å². The minimum Gasteiger partial charge on any atom is -0.330 e. The lowest BCUT2D eigenvalue weighted by Gasteiger charge is -2.17. The van der Waals surface area contributed by atoms with Crippen LogP contribution in [0.5, 0.6) is 0 Å². The number of rotatable bonds is 5. The molecule has 0 aromatic heterocycles. The molecule has 0 saturated heterocycles. The number of nitrogens with two attached hydrogens (primary N) is 3. The first-order chi connectivity index (χ1) is 4.72. The Labute approximate surface area is 62.9 Å². The zero-order valence-electron chi connectivity index (χ0n) is 6.72. The third-order valence-corrected chi connectivity index (χ3v) is 1.76. The van der Waals surface area contributed by atoms with Gasteiger partial charge in [0.1, 0.15) is 0 Å². The maximum atomic E-state index is 5.73. The first-order valence-corrected chi connectivity index (χ1v) is 3.93. The van der Waals surface area contributed by atoms with Gasteiger partial charge in [-0.05, 0) is 25.8 Å². The lowest BCUT2D eigenvalue weighted by atomic mass is 10.0. The molecule has 0 aliphatic rings. The van der Waals surface area contributed by atoms with Gasteiger partial charge in [-0.2, -0.15) is 0 Å². The summed E-state index contributed by atoms with van der Waals surface area (Å²) in [6, 6.07) is 0.278. The Hall–Kier alpha value is -0.120. The zero-order valence-corrected chi connectivity index (χ0v) is 6.72. The van der Waals surface area contributed by atoms with E-state index >= 15 is 0 Å². The van der Waals surface area contributed by atoms with Gasteiger partial charge in [-0.25, -0.2) is 0 Å². The molecule has 0 heterocycles. The highest BCUT2D eigenvalue weighted by Gasteiger charge is 2.09. The second kappa shape index (κ2) is 5.65. The quantitative estimate of drug-likeness (QED) is 0.501. The van der Waals surface area contributed by atoms with Crippen LogP contribution in [-0.4, -0.2) is 18.6 Å². The molecule has 2 atom stereocenters. The normalized spacial score (nSPS) is 16.8. The number of hydrogen-bond donors (Lipinski definition) is 3. The molecule has 0 aliphatic heterocycles. The lowest BCUT2D eigenvalue weighted by molar-refractivity contribution is 0.474. The second-order valence-electron chi connectivity index (χ2n) is 2.67. The van der Waals surface area contributed by atoms with E-state index in [1.54, 1.807) is 0 Å². The van der Waals surface area contributed by atoms with Crippen molar-refractivity contribution in [1.82, 2.24) is 0 Å². The Morgan fingerprint density at radius 3 is 2.20 bits per heavy atom. The van der Waals surface area contributed by atoms with Gasteiger partial charge in [-0.15, -0.1) is 0 Å². The van der Waals surface area contributed by atoms with Crippen LogP contribution in [0.3, 0.4) is 0 Å². The third-order valence-electron chi connectivity index (χ3n) is 1.76. The van der Waals surface area contributed by atoms with Crippen LogP contribution in [0.2, 0.25) is 0 Å². The van der Waals surface area contributed by atoms with E-state index in [4.69, 9.17) is 17.2 Å². The first kappa shape index (κ1) is 9.88. The first-order valence-electron chi connectivity index (χ1n) is 3.93. The van der Waals surface area contributed by atoms with Crippen LogP contribution in [0, 0.1) is 0 Å². The second-order valence-corrected chi connectivity index (χ2v) is 2.67. The van der Waals surface area contributed by atoms with Gasteiger partial charge in [0, 0.05) is 12.1 Å². The van der Waals surface area contributed by atoms with Gasteiger partial charge in [0.05, 0.1) is 0 Å². The largest absolute Gasteiger partial charge is 0.330 e. The minimum absolute atomic E-state index is 0.133. The monoisotopic (exact) mass is 145 g/mol. The van der Waals surface area contributed by atoms with Crippen molar-refractivity contribution in [2.24, 2.45) is 17.2 Å². The minimum atomic E-state index is 0.133. The van der Waals surface area contributed by atoms with Crippen molar-refractivity contribution in [1.29, 1.82) is 0 Å². The summed E-state index contributed by atoms with van der Waals surface area (Å²) >= 11 is 0. The van der Waals surface area contributed by atoms with Crippen LogP contribution < -0.4 is 17.2 Å². The van der Waals surface area contributed by atoms with Crippen LogP contribution in [0.1, 0.15) is 26.2 Å². The average Bonchev–Trinajstić information content (AvgIpc) is 1.98. The molecule has 0 radical (unpaired) electrons. The fourth-order valence-corrected chi connectivity index (χ4v) is 0.870. The Kier molecular flexibility index (Phi) is 5.58. The molecule has 3 nitrogen and oxygen atoms in total. The number of hydrogen-bond acceptors (Lipinski definition) is 3. The van der Waals surface area contributed by atoms with E-state index in [9.17, 15) is 0 Å². The Bertz CT molecular complexity index is 75.3. The summed E-state index contributed by atoms with van der Waals surface area (Å²) in [5.74, 6) is 0. The maximum absolute atomic E-state index is 5.73. The Balaban J connectivity index is 3.31. The molecular formula is C7H19N3. The predicted molar refractivity (Wildman–Crippen MR) is 44.5 cm³/mol. The van der Waals surface area contributed by atoms with Crippen molar-refractivity contribution in [3.8, 4) is 0 Å². The fraction of sp³-hybridized carbons (Fsp3) is 1.00. The highest BCUT2D eigenvalue weighted by atomic mass is 14.8. The molecule has 0 aromatic carbocycles. The van der Waals surface area contributed by atoms with Crippen molar-refractivity contribution < 1.29 is 0 Å². The van der Waals surface area contributed by atoms with Gasteiger partial charge < -0.3 is 17.2 Å². The van der Waals surface area contributed by atoms with Crippen LogP contribution in [0.15, 0.2) is 0 Å². The van der Waals surface area contributed by atoms with Crippen molar-refractivity contribution in [3.63, 3.8) is 0 Å². The topological polar surface area (TPSA) is 78.1 Å². The average molecular weight is 145 g/mol. The summed E-state index contributed by atoms with van der Waals surface area (Å²) in [7, 11) is 0. The molecule has 0 bridgehead atoms. The van der Waals surface area contributed by atoms with E-state index in [2.05, 4.69) is 0 Å². The van der Waals surface area contributed by atoms with E-state index < -0.39 is 0 Å². The van der Waals surface area contributed by atoms with Crippen molar-refractivity contribution >= 4 is 0 Å². The Morgan fingerprint density at radius 1 is 1.20 bits per heavy atom. The van der Waals surface area contributed by atoms with Gasteiger partial charge in [-0.1, -0.05) is 6.92 Å². The van der Waals surface area contributed by atoms with Crippen LogP contribution in [-0.2, 0) is 0 Å². The third kappa shape index (κ3) is 3.82. The van der Waals surface area contributed by atoms with E-state index in [0.29, 0.717) is 6.54 Å². The molecule has 0 fully saturated rings. The van der Waals surface area contributed by atoms with Gasteiger partial charge in [0.2, 0.25) is 0 Å². The van der Waals surface area contributed by atoms with Crippen molar-refractivity contribution in [2.45, 2.75) is 38.3 Å². The summed E-state index contributed by atoms with van der Waals surface area (Å²) < 4.78 is 0. The molecule has 3 heteroatoms. The summed E-state index contributed by atoms with van der Waals surface area (Å²) in [5, 5.41) is 0. The highest BCUT2D eigenvalue weighted by Crippen LogP contribution is 1.99. The summed E-state index contributed by atoms with van der Waals surface area (Å²) in [4.78, 5) is 0. The lowest BCUT2D eigenvalue weighted by Crippen LogP contribution is -2.40. The molecule has 2 unspecified atom stereocenters. The smallest absolute Gasteiger partial charge is 0.0192 e. The summed E-state index contributed by atoms with van der Waals surface area (Å²) in [6.45, 7) is 2.76. The van der Waals surface area contributed by atoms with Gasteiger partial charge in [-0.3, -0.25) is 0 Å². The Morgan fingerprint density at radius 2 is 1.80 bits per heavy atom. The fourth-order valence-electron chi connectivity index (χ4n) is 0.870. The highest BCUT2D eigenvalue weighted by molar-refractivity contribution is 4.73. The SMILES string of the molecule is CCC(N)C(N)CCCN. The summed E-state index contributed by atoms with van der Waals surface area (Å²) in [6.07, 6.45) is 2.88. The van der Waals surface area contributed by atoms with Gasteiger partial charge >= 0.3 is 0 Å². The molecule has 0 rings (SSSR count).